The standard InChI is InChI=1S/C24H36N.3C17H22N/c1-17-10-11-21(18(2)12-17)22-13-19(14-23(3,4)5)20(16-25(22)9)15-24(6,7)8;2*1-12(2)15-7-9-17(18(5)11-15)16-8-6-13(3)10-14(16)4;1-12(2)16-11-18(5)17(10-14(16)4)15-9-7-6-8-13(15)3/h10-13,16H,14-15H2,1-9H3;3*6-12H,1-5H3/q4*+1/i;3D3,12D;;12D. The number of nitrogens with zero attached hydrogens (tertiary/aromatic N) is 4. The number of benzene rings is 4. The lowest BCUT2D eigenvalue weighted by Crippen LogP contribution is -2.33. The van der Waals surface area contributed by atoms with Crippen molar-refractivity contribution in [1.82, 2.24) is 0 Å². The van der Waals surface area contributed by atoms with Gasteiger partial charge < -0.3 is 0 Å². The quantitative estimate of drug-likeness (QED) is 0.128. The summed E-state index contributed by atoms with van der Waals surface area (Å²) in [5, 5.41) is 0. The van der Waals surface area contributed by atoms with Gasteiger partial charge in [0.2, 0.25) is 22.8 Å². The van der Waals surface area contributed by atoms with Crippen molar-refractivity contribution in [1.29, 1.82) is 0 Å². The molecule has 418 valence electrons. The van der Waals surface area contributed by atoms with E-state index >= 15 is 0 Å². The predicted octanol–water partition coefficient (Wildman–Crippen LogP) is 17.7. The summed E-state index contributed by atoms with van der Waals surface area (Å²) in [6, 6.07) is 40.1. The molecule has 4 aromatic heterocycles. The van der Waals surface area contributed by atoms with E-state index in [2.05, 4.69) is 235 Å². The molecule has 0 saturated carbocycles. The first-order chi connectivity index (χ1) is 38.6. The summed E-state index contributed by atoms with van der Waals surface area (Å²) in [5.74, 6) is -0.632. The van der Waals surface area contributed by atoms with Crippen molar-refractivity contribution < 1.29 is 25.1 Å². The van der Waals surface area contributed by atoms with Gasteiger partial charge in [-0.25, -0.2) is 18.3 Å². The summed E-state index contributed by atoms with van der Waals surface area (Å²) in [5.41, 5.74) is 25.7. The Morgan fingerprint density at radius 2 is 0.810 bits per heavy atom. The number of hydrogen-bond donors (Lipinski definition) is 0. The van der Waals surface area contributed by atoms with Crippen LogP contribution in [0.15, 0.2) is 140 Å². The van der Waals surface area contributed by atoms with Crippen LogP contribution in [0.25, 0.3) is 45.0 Å². The van der Waals surface area contributed by atoms with Crippen LogP contribution >= 0.6 is 0 Å². The van der Waals surface area contributed by atoms with Gasteiger partial charge in [-0.05, 0) is 166 Å². The van der Waals surface area contributed by atoms with E-state index in [4.69, 9.17) is 6.85 Å². The minimum Gasteiger partial charge on any atom is -0.201 e. The smallest absolute Gasteiger partial charge is 0.201 e. The van der Waals surface area contributed by atoms with Crippen molar-refractivity contribution in [3.63, 3.8) is 0 Å². The largest absolute Gasteiger partial charge is 0.212 e. The van der Waals surface area contributed by atoms with E-state index in [1.165, 1.54) is 83.8 Å². The summed E-state index contributed by atoms with van der Waals surface area (Å²) in [7, 11) is 8.31. The number of aryl methyl sites for hydroxylation is 12. The Hall–Kier alpha value is -6.52. The van der Waals surface area contributed by atoms with Crippen LogP contribution in [0.5, 0.6) is 0 Å². The van der Waals surface area contributed by atoms with Crippen molar-refractivity contribution in [2.24, 2.45) is 39.0 Å². The van der Waals surface area contributed by atoms with Gasteiger partial charge in [-0.15, -0.1) is 0 Å². The highest BCUT2D eigenvalue weighted by molar-refractivity contribution is 5.65. The SMILES string of the molecule is Cc1ccc(-c2cc(CC(C)(C)C)c(CC(C)(C)C)c[n+]2C)c(C)c1.Cc1ccc(-c2ccc(C(C)C)c[n+]2C)c(C)c1.[2H]C(C)(C)c1c[n+](C)c(-c2ccccc2C)cc1C.[2H]C([2H])([2H])c1ccc(-c2ccc(C([2H])(C)C)c[n+]2C)c(C)c1. The summed E-state index contributed by atoms with van der Waals surface area (Å²) in [6.07, 6.45) is 10.9. The van der Waals surface area contributed by atoms with Crippen LogP contribution in [0, 0.1) is 66.1 Å². The van der Waals surface area contributed by atoms with Gasteiger partial charge >= 0.3 is 0 Å². The minimum atomic E-state index is -2.08. The number of pyridine rings is 4. The Labute approximate surface area is 488 Å². The molecule has 0 saturated heterocycles. The Morgan fingerprint density at radius 1 is 0.392 bits per heavy atom. The zero-order chi connectivity index (χ0) is 63.2. The number of aromatic nitrogens is 4. The fourth-order valence-corrected chi connectivity index (χ4v) is 10.5. The Balaban J connectivity index is 0.000000206. The molecular formula is C75H102N4+4. The van der Waals surface area contributed by atoms with Gasteiger partial charge in [0.05, 0.1) is 0 Å². The first kappa shape index (κ1) is 55.8. The van der Waals surface area contributed by atoms with Crippen LogP contribution in [0.2, 0.25) is 0 Å². The molecule has 0 atom stereocenters. The topological polar surface area (TPSA) is 15.5 Å². The summed E-state index contributed by atoms with van der Waals surface area (Å²) >= 11 is 0. The maximum Gasteiger partial charge on any atom is 0.212 e. The molecule has 4 heteroatoms. The normalized spacial score (nSPS) is 12.8. The second-order valence-corrected chi connectivity index (χ2v) is 25.7. The van der Waals surface area contributed by atoms with Crippen molar-refractivity contribution in [3.8, 4) is 45.0 Å². The fraction of sp³-hybridized carbons (Fsp3) is 0.413. The molecule has 0 bridgehead atoms. The third-order valence-corrected chi connectivity index (χ3v) is 14.7. The van der Waals surface area contributed by atoms with Crippen molar-refractivity contribution in [2.45, 2.75) is 169 Å². The fourth-order valence-electron chi connectivity index (χ4n) is 10.5. The molecule has 8 rings (SSSR count). The van der Waals surface area contributed by atoms with Gasteiger partial charge in [0.15, 0.2) is 24.8 Å². The summed E-state index contributed by atoms with van der Waals surface area (Å²) in [4.78, 5) is 0. The van der Waals surface area contributed by atoms with Crippen LogP contribution < -0.4 is 18.3 Å². The molecule has 0 aliphatic rings. The molecule has 79 heavy (non-hydrogen) atoms. The van der Waals surface area contributed by atoms with Crippen molar-refractivity contribution in [2.75, 3.05) is 0 Å². The van der Waals surface area contributed by atoms with E-state index in [1.54, 1.807) is 12.1 Å². The highest BCUT2D eigenvalue weighted by atomic mass is 14.9. The minimum absolute atomic E-state index is 0.284. The van der Waals surface area contributed by atoms with Gasteiger partial charge in [0, 0.05) is 75.6 Å². The van der Waals surface area contributed by atoms with Crippen molar-refractivity contribution >= 4 is 0 Å². The van der Waals surface area contributed by atoms with E-state index in [0.717, 1.165) is 40.8 Å². The molecular weight excluding hydrogens is 957 g/mol. The van der Waals surface area contributed by atoms with Gasteiger partial charge in [-0.2, -0.15) is 0 Å². The molecule has 0 aliphatic carbocycles. The van der Waals surface area contributed by atoms with Crippen LogP contribution in [-0.2, 0) is 41.0 Å². The highest BCUT2D eigenvalue weighted by Crippen LogP contribution is 2.32. The molecule has 0 fully saturated rings. The third-order valence-electron chi connectivity index (χ3n) is 14.7. The average Bonchev–Trinajstić information content (AvgIpc) is 2.44. The van der Waals surface area contributed by atoms with E-state index in [9.17, 15) is 0 Å². The lowest BCUT2D eigenvalue weighted by Gasteiger charge is -2.24. The summed E-state index contributed by atoms with van der Waals surface area (Å²) < 4.78 is 47.4. The van der Waals surface area contributed by atoms with Gasteiger partial charge in [0.25, 0.3) is 0 Å². The van der Waals surface area contributed by atoms with E-state index in [-0.39, 0.29) is 5.41 Å². The maximum absolute atomic E-state index is 8.21. The van der Waals surface area contributed by atoms with Gasteiger partial charge in [0.1, 0.15) is 28.2 Å². The Bertz CT molecular complexity index is 3510. The molecule has 0 radical (unpaired) electrons. The molecule has 0 unspecified atom stereocenters. The second kappa shape index (κ2) is 27.1. The monoisotopic (exact) mass is 1060 g/mol. The average molecular weight is 1060 g/mol. The van der Waals surface area contributed by atoms with Gasteiger partial charge in [-0.3, -0.25) is 0 Å². The van der Waals surface area contributed by atoms with E-state index in [0.29, 0.717) is 16.9 Å². The maximum atomic E-state index is 8.21. The van der Waals surface area contributed by atoms with E-state index < -0.39 is 18.6 Å². The lowest BCUT2D eigenvalue weighted by molar-refractivity contribution is -0.661. The van der Waals surface area contributed by atoms with Crippen LogP contribution in [0.3, 0.4) is 0 Å². The van der Waals surface area contributed by atoms with Gasteiger partial charge in [-0.1, -0.05) is 154 Å². The molecule has 4 heterocycles. The van der Waals surface area contributed by atoms with Crippen LogP contribution in [0.4, 0.5) is 0 Å². The summed E-state index contributed by atoms with van der Waals surface area (Å²) in [6.45, 7) is 38.8. The molecule has 0 aliphatic heterocycles. The first-order valence-electron chi connectivity index (χ1n) is 31.0. The zero-order valence-corrected chi connectivity index (χ0v) is 53.1. The molecule has 0 amide bonds. The van der Waals surface area contributed by atoms with Crippen molar-refractivity contribution in [3.05, 3.63) is 212 Å². The number of hydrogen-bond acceptors (Lipinski definition) is 0. The van der Waals surface area contributed by atoms with Crippen LogP contribution in [-0.4, -0.2) is 0 Å². The Kier molecular flexibility index (Phi) is 19.1. The zero-order valence-electron chi connectivity index (χ0n) is 58.1. The molecule has 8 aromatic rings. The predicted molar refractivity (Wildman–Crippen MR) is 339 cm³/mol. The molecule has 4 nitrogen and oxygen atoms in total. The van der Waals surface area contributed by atoms with E-state index in [1.807, 2.05) is 70.6 Å². The Morgan fingerprint density at radius 3 is 1.27 bits per heavy atom. The molecule has 4 aromatic carbocycles. The third kappa shape index (κ3) is 17.7. The second-order valence-electron chi connectivity index (χ2n) is 25.7. The van der Waals surface area contributed by atoms with Crippen LogP contribution in [0.1, 0.15) is 180 Å². The molecule has 0 N–H and O–H groups in total. The highest BCUT2D eigenvalue weighted by Gasteiger charge is 2.25. The molecule has 0 spiro atoms. The first-order valence-corrected chi connectivity index (χ1v) is 28.5. The number of rotatable bonds is 9. The lowest BCUT2D eigenvalue weighted by atomic mass is 9.81.